The molecule has 0 spiro atoms. The van der Waals surface area contributed by atoms with E-state index in [1.165, 1.54) is 0 Å². The van der Waals surface area contributed by atoms with Crippen molar-refractivity contribution in [2.24, 2.45) is 14.1 Å². The highest BCUT2D eigenvalue weighted by Gasteiger charge is 2.15. The SMILES string of the molecule is Cc1ncc(C(=O)Cc2ncc3ccc(-c4cncn4C)cc3n2)n1C. The minimum atomic E-state index is -0.0461. The lowest BCUT2D eigenvalue weighted by Gasteiger charge is -2.06. The van der Waals surface area contributed by atoms with E-state index in [0.29, 0.717) is 11.5 Å². The number of aromatic nitrogens is 6. The summed E-state index contributed by atoms with van der Waals surface area (Å²) in [5.41, 5.74) is 3.40. The number of fused-ring (bicyclic) bond motifs is 1. The molecule has 0 aliphatic carbocycles. The van der Waals surface area contributed by atoms with E-state index in [-0.39, 0.29) is 12.2 Å². The van der Waals surface area contributed by atoms with Gasteiger partial charge in [-0.15, -0.1) is 0 Å². The number of benzene rings is 1. The van der Waals surface area contributed by atoms with Crippen molar-refractivity contribution in [3.05, 3.63) is 60.5 Å². The summed E-state index contributed by atoms with van der Waals surface area (Å²) in [6, 6.07) is 6.00. The van der Waals surface area contributed by atoms with Gasteiger partial charge in [0.15, 0.2) is 5.78 Å². The van der Waals surface area contributed by atoms with Crippen LogP contribution in [0, 0.1) is 6.92 Å². The lowest BCUT2D eigenvalue weighted by Crippen LogP contribution is -2.11. The molecule has 1 aromatic carbocycles. The molecular weight excluding hydrogens is 328 g/mol. The molecule has 4 rings (SSSR count). The van der Waals surface area contributed by atoms with Crippen molar-refractivity contribution in [2.75, 3.05) is 0 Å². The lowest BCUT2D eigenvalue weighted by atomic mass is 10.1. The van der Waals surface area contributed by atoms with E-state index in [9.17, 15) is 4.79 Å². The summed E-state index contributed by atoms with van der Waals surface area (Å²) in [6.45, 7) is 1.86. The van der Waals surface area contributed by atoms with Gasteiger partial charge in [0, 0.05) is 31.2 Å². The van der Waals surface area contributed by atoms with Crippen molar-refractivity contribution in [1.29, 1.82) is 0 Å². The highest BCUT2D eigenvalue weighted by Crippen LogP contribution is 2.22. The fraction of sp³-hybridized carbons (Fsp3) is 0.211. The van der Waals surface area contributed by atoms with Crippen molar-refractivity contribution in [1.82, 2.24) is 29.1 Å². The third-order valence-electron chi connectivity index (χ3n) is 4.57. The van der Waals surface area contributed by atoms with Gasteiger partial charge >= 0.3 is 0 Å². The van der Waals surface area contributed by atoms with Crippen LogP contribution in [0.3, 0.4) is 0 Å². The van der Waals surface area contributed by atoms with Crippen LogP contribution in [0.5, 0.6) is 0 Å². The molecular formula is C19H18N6O. The number of carbonyl (C=O) groups is 1. The van der Waals surface area contributed by atoms with Crippen LogP contribution in [-0.2, 0) is 20.5 Å². The van der Waals surface area contributed by atoms with E-state index in [4.69, 9.17) is 0 Å². The first kappa shape index (κ1) is 16.1. The Hall–Kier alpha value is -3.35. The maximum Gasteiger partial charge on any atom is 0.188 e. The Morgan fingerprint density at radius 3 is 2.65 bits per heavy atom. The molecule has 0 bridgehead atoms. The quantitative estimate of drug-likeness (QED) is 0.531. The number of ketones is 1. The molecule has 0 amide bonds. The monoisotopic (exact) mass is 346 g/mol. The summed E-state index contributed by atoms with van der Waals surface area (Å²) >= 11 is 0. The fourth-order valence-corrected chi connectivity index (χ4v) is 2.94. The Balaban J connectivity index is 1.67. The van der Waals surface area contributed by atoms with Gasteiger partial charge in [-0.3, -0.25) is 4.79 Å². The predicted octanol–water partition coefficient (Wildman–Crippen LogP) is 2.50. The highest BCUT2D eigenvalue weighted by atomic mass is 16.1. The van der Waals surface area contributed by atoms with E-state index in [1.54, 1.807) is 23.3 Å². The summed E-state index contributed by atoms with van der Waals surface area (Å²) < 4.78 is 3.74. The van der Waals surface area contributed by atoms with Crippen LogP contribution in [0.1, 0.15) is 22.1 Å². The van der Waals surface area contributed by atoms with Crippen molar-refractivity contribution in [3.63, 3.8) is 0 Å². The van der Waals surface area contributed by atoms with E-state index in [2.05, 4.69) is 19.9 Å². The maximum atomic E-state index is 12.5. The molecule has 4 aromatic rings. The van der Waals surface area contributed by atoms with Gasteiger partial charge in [-0.1, -0.05) is 12.1 Å². The number of Topliss-reactive ketones (excluding diaryl/α,β-unsaturated/α-hetero) is 1. The first-order chi connectivity index (χ1) is 12.5. The lowest BCUT2D eigenvalue weighted by molar-refractivity contribution is 0.0983. The minimum absolute atomic E-state index is 0.0461. The van der Waals surface area contributed by atoms with Crippen molar-refractivity contribution < 1.29 is 4.79 Å². The van der Waals surface area contributed by atoms with Crippen LogP contribution in [0.2, 0.25) is 0 Å². The molecule has 0 atom stereocenters. The van der Waals surface area contributed by atoms with E-state index in [1.807, 2.05) is 50.0 Å². The average Bonchev–Trinajstić information content (AvgIpc) is 3.20. The number of hydrogen-bond donors (Lipinski definition) is 0. The number of aryl methyl sites for hydroxylation is 2. The zero-order valence-corrected chi connectivity index (χ0v) is 14.8. The molecule has 3 aromatic heterocycles. The second-order valence-electron chi connectivity index (χ2n) is 6.30. The van der Waals surface area contributed by atoms with Gasteiger partial charge in [-0.25, -0.2) is 19.9 Å². The average molecular weight is 346 g/mol. The van der Waals surface area contributed by atoms with E-state index < -0.39 is 0 Å². The molecule has 26 heavy (non-hydrogen) atoms. The topological polar surface area (TPSA) is 78.5 Å². The van der Waals surface area contributed by atoms with E-state index in [0.717, 1.165) is 28.0 Å². The second kappa shape index (κ2) is 6.18. The number of hydrogen-bond acceptors (Lipinski definition) is 5. The van der Waals surface area contributed by atoms with Crippen LogP contribution < -0.4 is 0 Å². The van der Waals surface area contributed by atoms with Gasteiger partial charge < -0.3 is 9.13 Å². The van der Waals surface area contributed by atoms with E-state index >= 15 is 0 Å². The smallest absolute Gasteiger partial charge is 0.188 e. The molecule has 7 nitrogen and oxygen atoms in total. The zero-order valence-electron chi connectivity index (χ0n) is 14.8. The van der Waals surface area contributed by atoms with Gasteiger partial charge in [0.2, 0.25) is 0 Å². The normalized spacial score (nSPS) is 11.2. The molecule has 0 saturated carbocycles. The molecule has 3 heterocycles. The Morgan fingerprint density at radius 1 is 1.12 bits per heavy atom. The predicted molar refractivity (Wildman–Crippen MR) is 97.7 cm³/mol. The number of nitrogens with zero attached hydrogens (tertiary/aromatic N) is 6. The van der Waals surface area contributed by atoms with Gasteiger partial charge in [-0.2, -0.15) is 0 Å². The Kier molecular flexibility index (Phi) is 3.84. The van der Waals surface area contributed by atoms with Crippen molar-refractivity contribution >= 4 is 16.7 Å². The Labute approximate surface area is 150 Å². The van der Waals surface area contributed by atoms with Gasteiger partial charge in [-0.05, 0) is 13.0 Å². The minimum Gasteiger partial charge on any atom is -0.334 e. The van der Waals surface area contributed by atoms with Crippen LogP contribution in [0.4, 0.5) is 0 Å². The van der Waals surface area contributed by atoms with Gasteiger partial charge in [0.1, 0.15) is 17.3 Å². The second-order valence-corrected chi connectivity index (χ2v) is 6.30. The van der Waals surface area contributed by atoms with Crippen molar-refractivity contribution in [2.45, 2.75) is 13.3 Å². The first-order valence-electron chi connectivity index (χ1n) is 8.27. The van der Waals surface area contributed by atoms with Crippen LogP contribution in [-0.4, -0.2) is 34.9 Å². The van der Waals surface area contributed by atoms with Crippen LogP contribution in [0.15, 0.2) is 43.1 Å². The summed E-state index contributed by atoms with van der Waals surface area (Å²) in [5.74, 6) is 1.26. The zero-order chi connectivity index (χ0) is 18.3. The molecule has 0 unspecified atom stereocenters. The molecule has 0 radical (unpaired) electrons. The standard InChI is InChI=1S/C19H18N6O/c1-12-21-10-17(25(12)3)18(26)7-19-22-8-14-5-4-13(6-15(14)23-19)16-9-20-11-24(16)2/h4-6,8-11H,7H2,1-3H3. The molecule has 0 saturated heterocycles. The molecule has 0 N–H and O–H groups in total. The number of carbonyl (C=O) groups excluding carboxylic acids is 1. The summed E-state index contributed by atoms with van der Waals surface area (Å²) in [7, 11) is 3.78. The first-order valence-corrected chi connectivity index (χ1v) is 8.27. The van der Waals surface area contributed by atoms with Crippen molar-refractivity contribution in [3.8, 4) is 11.3 Å². The molecule has 0 fully saturated rings. The van der Waals surface area contributed by atoms with Crippen LogP contribution >= 0.6 is 0 Å². The molecule has 130 valence electrons. The van der Waals surface area contributed by atoms with Gasteiger partial charge in [0.25, 0.3) is 0 Å². The Morgan fingerprint density at radius 2 is 1.96 bits per heavy atom. The van der Waals surface area contributed by atoms with Gasteiger partial charge in [0.05, 0.1) is 36.4 Å². The third kappa shape index (κ3) is 2.77. The van der Waals surface area contributed by atoms with Crippen LogP contribution in [0.25, 0.3) is 22.2 Å². The molecule has 7 heteroatoms. The fourth-order valence-electron chi connectivity index (χ4n) is 2.94. The Bertz CT molecular complexity index is 1120. The number of rotatable bonds is 4. The molecule has 0 aliphatic heterocycles. The third-order valence-corrected chi connectivity index (χ3v) is 4.57. The molecule has 0 aliphatic rings. The highest BCUT2D eigenvalue weighted by molar-refractivity contribution is 5.95. The summed E-state index contributed by atoms with van der Waals surface area (Å²) in [4.78, 5) is 29.8. The largest absolute Gasteiger partial charge is 0.334 e. The summed E-state index contributed by atoms with van der Waals surface area (Å²) in [5, 5.41) is 0.934. The summed E-state index contributed by atoms with van der Waals surface area (Å²) in [6.07, 6.45) is 7.08. The maximum absolute atomic E-state index is 12.5. The number of imidazole rings is 2.